The van der Waals surface area contributed by atoms with Crippen LogP contribution < -0.4 is 0 Å². The van der Waals surface area contributed by atoms with Crippen LogP contribution in [0.15, 0.2) is 0 Å². The second-order valence-corrected chi connectivity index (χ2v) is 6.57. The Kier molecular flexibility index (Phi) is 15.2. The highest BCUT2D eigenvalue weighted by molar-refractivity contribution is 4.55. The standard InChI is InChI=1S/C18H38O5/c1-15(2)8-7-9-20-10-11-21-17(4)13-23-18(5)14-22-16(3)12-19-6/h15-18H,7-14H2,1-6H3. The summed E-state index contributed by atoms with van der Waals surface area (Å²) in [5.41, 5.74) is 0. The molecule has 0 bridgehead atoms. The van der Waals surface area contributed by atoms with Gasteiger partial charge in [-0.05, 0) is 39.5 Å². The van der Waals surface area contributed by atoms with Gasteiger partial charge in [-0.25, -0.2) is 0 Å². The second kappa shape index (κ2) is 15.3. The minimum Gasteiger partial charge on any atom is -0.382 e. The lowest BCUT2D eigenvalue weighted by Crippen LogP contribution is -2.27. The van der Waals surface area contributed by atoms with E-state index >= 15 is 0 Å². The first-order valence-corrected chi connectivity index (χ1v) is 8.87. The summed E-state index contributed by atoms with van der Waals surface area (Å²) in [6.07, 6.45) is 2.54. The van der Waals surface area contributed by atoms with E-state index in [2.05, 4.69) is 13.8 Å². The van der Waals surface area contributed by atoms with Crippen LogP contribution in [0.3, 0.4) is 0 Å². The summed E-state index contributed by atoms with van der Waals surface area (Å²) in [6, 6.07) is 0. The minimum atomic E-state index is 0.0487. The van der Waals surface area contributed by atoms with Crippen molar-refractivity contribution in [3.8, 4) is 0 Å². The highest BCUT2D eigenvalue weighted by Crippen LogP contribution is 2.03. The summed E-state index contributed by atoms with van der Waals surface area (Å²) in [6.45, 7) is 14.3. The summed E-state index contributed by atoms with van der Waals surface area (Å²) < 4.78 is 27.6. The molecule has 0 saturated carbocycles. The third-order valence-corrected chi connectivity index (χ3v) is 3.33. The lowest BCUT2D eigenvalue weighted by atomic mass is 10.1. The van der Waals surface area contributed by atoms with E-state index < -0.39 is 0 Å². The molecule has 0 radical (unpaired) electrons. The van der Waals surface area contributed by atoms with Crippen molar-refractivity contribution in [3.05, 3.63) is 0 Å². The van der Waals surface area contributed by atoms with Crippen LogP contribution in [-0.4, -0.2) is 65.1 Å². The van der Waals surface area contributed by atoms with Crippen molar-refractivity contribution in [2.45, 2.75) is 65.8 Å². The highest BCUT2D eigenvalue weighted by atomic mass is 16.6. The number of hydrogen-bond donors (Lipinski definition) is 0. The van der Waals surface area contributed by atoms with Crippen molar-refractivity contribution in [1.29, 1.82) is 0 Å². The van der Waals surface area contributed by atoms with Crippen molar-refractivity contribution in [1.82, 2.24) is 0 Å². The Bertz CT molecular complexity index is 248. The van der Waals surface area contributed by atoms with Crippen LogP contribution >= 0.6 is 0 Å². The summed E-state index contributed by atoms with van der Waals surface area (Å²) in [5, 5.41) is 0. The molecular formula is C18H38O5. The largest absolute Gasteiger partial charge is 0.382 e. The van der Waals surface area contributed by atoms with Gasteiger partial charge in [-0.3, -0.25) is 0 Å². The molecule has 0 saturated heterocycles. The van der Waals surface area contributed by atoms with Gasteiger partial charge in [0.1, 0.15) is 0 Å². The van der Waals surface area contributed by atoms with Gasteiger partial charge in [0.2, 0.25) is 0 Å². The average Bonchev–Trinajstić information content (AvgIpc) is 2.50. The first-order chi connectivity index (χ1) is 11.0. The highest BCUT2D eigenvalue weighted by Gasteiger charge is 2.09. The normalized spacial score (nSPS) is 15.8. The molecule has 0 aliphatic carbocycles. The van der Waals surface area contributed by atoms with E-state index in [1.165, 1.54) is 6.42 Å². The molecule has 0 N–H and O–H groups in total. The van der Waals surface area contributed by atoms with Crippen LogP contribution in [0.4, 0.5) is 0 Å². The van der Waals surface area contributed by atoms with Crippen LogP contribution in [0.1, 0.15) is 47.5 Å². The maximum atomic E-state index is 5.72. The van der Waals surface area contributed by atoms with Gasteiger partial charge in [-0.1, -0.05) is 13.8 Å². The first-order valence-electron chi connectivity index (χ1n) is 8.87. The van der Waals surface area contributed by atoms with Gasteiger partial charge < -0.3 is 23.7 Å². The van der Waals surface area contributed by atoms with Crippen molar-refractivity contribution < 1.29 is 23.7 Å². The van der Waals surface area contributed by atoms with Crippen molar-refractivity contribution >= 4 is 0 Å². The fourth-order valence-corrected chi connectivity index (χ4v) is 1.98. The summed E-state index contributed by atoms with van der Waals surface area (Å²) in [4.78, 5) is 0. The molecule has 0 fully saturated rings. The molecule has 0 aliphatic heterocycles. The zero-order valence-electron chi connectivity index (χ0n) is 16.0. The molecule has 0 aliphatic rings. The summed E-state index contributed by atoms with van der Waals surface area (Å²) >= 11 is 0. The monoisotopic (exact) mass is 334 g/mol. The Hall–Kier alpha value is -0.200. The van der Waals surface area contributed by atoms with Gasteiger partial charge >= 0.3 is 0 Å². The molecule has 23 heavy (non-hydrogen) atoms. The Morgan fingerprint density at radius 1 is 0.652 bits per heavy atom. The van der Waals surface area contributed by atoms with E-state index in [4.69, 9.17) is 23.7 Å². The molecule has 3 atom stereocenters. The molecule has 5 nitrogen and oxygen atoms in total. The maximum absolute atomic E-state index is 5.72. The molecular weight excluding hydrogens is 296 g/mol. The molecule has 0 heterocycles. The average molecular weight is 334 g/mol. The van der Waals surface area contributed by atoms with Crippen molar-refractivity contribution in [2.24, 2.45) is 5.92 Å². The van der Waals surface area contributed by atoms with Crippen LogP contribution in [0.25, 0.3) is 0 Å². The molecule has 5 heteroatoms. The molecule has 3 unspecified atom stereocenters. The van der Waals surface area contributed by atoms with E-state index in [1.54, 1.807) is 7.11 Å². The van der Waals surface area contributed by atoms with E-state index in [1.807, 2.05) is 20.8 Å². The lowest BCUT2D eigenvalue weighted by Gasteiger charge is -2.19. The van der Waals surface area contributed by atoms with E-state index in [0.29, 0.717) is 33.0 Å². The predicted octanol–water partition coefficient (Wildman–Crippen LogP) is 3.30. The topological polar surface area (TPSA) is 46.2 Å². The van der Waals surface area contributed by atoms with Gasteiger partial charge in [0.15, 0.2) is 0 Å². The number of rotatable bonds is 16. The summed E-state index contributed by atoms with van der Waals surface area (Å²) in [7, 11) is 1.67. The van der Waals surface area contributed by atoms with Gasteiger partial charge in [-0.15, -0.1) is 0 Å². The fourth-order valence-electron chi connectivity index (χ4n) is 1.98. The predicted molar refractivity (Wildman–Crippen MR) is 93.0 cm³/mol. The SMILES string of the molecule is COCC(C)OCC(C)OCC(C)OCCOCCCC(C)C. The van der Waals surface area contributed by atoms with Crippen LogP contribution in [0.5, 0.6) is 0 Å². The number of ether oxygens (including phenoxy) is 5. The molecule has 0 amide bonds. The molecule has 0 spiro atoms. The van der Waals surface area contributed by atoms with E-state index in [0.717, 1.165) is 18.9 Å². The van der Waals surface area contributed by atoms with Crippen molar-refractivity contribution in [2.75, 3.05) is 46.8 Å². The zero-order valence-corrected chi connectivity index (χ0v) is 16.0. The van der Waals surface area contributed by atoms with Gasteiger partial charge in [0.05, 0.1) is 51.3 Å². The maximum Gasteiger partial charge on any atom is 0.0781 e. The van der Waals surface area contributed by atoms with Gasteiger partial charge in [-0.2, -0.15) is 0 Å². The Morgan fingerprint density at radius 3 is 1.78 bits per heavy atom. The first kappa shape index (κ1) is 22.8. The molecule has 0 rings (SSSR count). The van der Waals surface area contributed by atoms with E-state index in [9.17, 15) is 0 Å². The third kappa shape index (κ3) is 16.4. The Labute approximate surface area is 143 Å². The van der Waals surface area contributed by atoms with Crippen molar-refractivity contribution in [3.63, 3.8) is 0 Å². The lowest BCUT2D eigenvalue weighted by molar-refractivity contribution is -0.0818. The smallest absolute Gasteiger partial charge is 0.0781 e. The quantitative estimate of drug-likeness (QED) is 0.405. The summed E-state index contributed by atoms with van der Waals surface area (Å²) in [5.74, 6) is 0.746. The Morgan fingerprint density at radius 2 is 1.22 bits per heavy atom. The van der Waals surface area contributed by atoms with Gasteiger partial charge in [0, 0.05) is 13.7 Å². The Balaban J connectivity index is 3.43. The van der Waals surface area contributed by atoms with Gasteiger partial charge in [0.25, 0.3) is 0 Å². The van der Waals surface area contributed by atoms with E-state index in [-0.39, 0.29) is 18.3 Å². The number of methoxy groups -OCH3 is 1. The number of hydrogen-bond acceptors (Lipinski definition) is 5. The molecule has 140 valence electrons. The molecule has 0 aromatic carbocycles. The fraction of sp³-hybridized carbons (Fsp3) is 1.00. The minimum absolute atomic E-state index is 0.0487. The third-order valence-electron chi connectivity index (χ3n) is 3.33. The molecule has 0 aromatic rings. The second-order valence-electron chi connectivity index (χ2n) is 6.57. The van der Waals surface area contributed by atoms with Crippen LogP contribution in [-0.2, 0) is 23.7 Å². The van der Waals surface area contributed by atoms with Crippen LogP contribution in [0.2, 0.25) is 0 Å². The van der Waals surface area contributed by atoms with Crippen LogP contribution in [0, 0.1) is 5.92 Å². The zero-order chi connectivity index (χ0) is 17.5. The molecule has 0 aromatic heterocycles.